The molecule has 0 saturated carbocycles. The van der Waals surface area contributed by atoms with Gasteiger partial charge in [-0.25, -0.2) is 8.42 Å². The first-order chi connectivity index (χ1) is 13.2. The molecule has 2 aliphatic heterocycles. The second-order valence-corrected chi connectivity index (χ2v) is 9.24. The second-order valence-electron chi connectivity index (χ2n) is 7.33. The number of sulfonamides is 1. The Morgan fingerprint density at radius 2 is 2.00 bits per heavy atom. The number of carbonyl (C=O) groups is 2. The number of nitrogens with zero attached hydrogens (tertiary/aromatic N) is 1. The van der Waals surface area contributed by atoms with E-state index in [0.717, 1.165) is 6.42 Å². The van der Waals surface area contributed by atoms with Crippen LogP contribution in [0.25, 0.3) is 0 Å². The van der Waals surface area contributed by atoms with Crippen LogP contribution in [0.5, 0.6) is 5.75 Å². The fourth-order valence-corrected chi connectivity index (χ4v) is 5.20. The predicted octanol–water partition coefficient (Wildman–Crippen LogP) is 1.64. The number of hydrogen-bond donors (Lipinski definition) is 2. The smallest absolute Gasteiger partial charge is 0.265 e. The second kappa shape index (κ2) is 8.08. The van der Waals surface area contributed by atoms with Gasteiger partial charge in [-0.15, -0.1) is 0 Å². The number of rotatable bonds is 5. The fraction of sp³-hybridized carbons (Fsp3) is 0.579. The largest absolute Gasteiger partial charge is 0.479 e. The molecule has 1 saturated heterocycles. The van der Waals surface area contributed by atoms with E-state index >= 15 is 0 Å². The summed E-state index contributed by atoms with van der Waals surface area (Å²) >= 11 is 0. The van der Waals surface area contributed by atoms with Crippen LogP contribution in [0.15, 0.2) is 17.0 Å². The van der Waals surface area contributed by atoms with Crippen LogP contribution in [0.1, 0.15) is 38.7 Å². The molecule has 1 aromatic carbocycles. The van der Waals surface area contributed by atoms with Gasteiger partial charge in [-0.2, -0.15) is 4.31 Å². The van der Waals surface area contributed by atoms with E-state index in [1.807, 2.05) is 6.92 Å². The molecular formula is C19H27N3O5S. The molecule has 9 heteroatoms. The average molecular weight is 410 g/mol. The topological polar surface area (TPSA) is 105 Å². The third kappa shape index (κ3) is 4.00. The Balaban J connectivity index is 1.76. The van der Waals surface area contributed by atoms with E-state index in [9.17, 15) is 18.0 Å². The highest BCUT2D eigenvalue weighted by Gasteiger charge is 2.34. The van der Waals surface area contributed by atoms with Crippen LogP contribution >= 0.6 is 0 Å². The van der Waals surface area contributed by atoms with Gasteiger partial charge in [0, 0.05) is 31.6 Å². The quantitative estimate of drug-likeness (QED) is 0.769. The summed E-state index contributed by atoms with van der Waals surface area (Å²) in [6, 6.07) is 3.10. The molecule has 0 aromatic heterocycles. The monoisotopic (exact) mass is 409 g/mol. The Morgan fingerprint density at radius 1 is 1.32 bits per heavy atom. The number of ether oxygens (including phenoxy) is 1. The summed E-state index contributed by atoms with van der Waals surface area (Å²) < 4.78 is 33.3. The van der Waals surface area contributed by atoms with Crippen LogP contribution in [0.3, 0.4) is 0 Å². The molecule has 0 radical (unpaired) electrons. The van der Waals surface area contributed by atoms with Crippen molar-refractivity contribution < 1.29 is 22.7 Å². The van der Waals surface area contributed by atoms with Crippen molar-refractivity contribution in [1.82, 2.24) is 9.62 Å². The zero-order valence-electron chi connectivity index (χ0n) is 16.4. The molecule has 2 heterocycles. The zero-order chi connectivity index (χ0) is 20.5. The number of benzene rings is 1. The fourth-order valence-electron chi connectivity index (χ4n) is 3.51. The van der Waals surface area contributed by atoms with Gasteiger partial charge in [0.2, 0.25) is 15.9 Å². The van der Waals surface area contributed by atoms with E-state index in [-0.39, 0.29) is 22.6 Å². The van der Waals surface area contributed by atoms with Gasteiger partial charge >= 0.3 is 0 Å². The molecule has 8 nitrogen and oxygen atoms in total. The molecule has 1 aromatic rings. The number of carbonyl (C=O) groups excluding carboxylic acids is 2. The van der Waals surface area contributed by atoms with Crippen molar-refractivity contribution in [3.63, 3.8) is 0 Å². The average Bonchev–Trinajstić information content (AvgIpc) is 2.67. The summed E-state index contributed by atoms with van der Waals surface area (Å²) in [6.45, 7) is 6.55. The van der Waals surface area contributed by atoms with Gasteiger partial charge in [-0.3, -0.25) is 9.59 Å². The summed E-state index contributed by atoms with van der Waals surface area (Å²) in [5, 5.41) is 5.61. The van der Waals surface area contributed by atoms with Crippen molar-refractivity contribution in [3.8, 4) is 5.75 Å². The molecule has 2 aliphatic rings. The Hall–Kier alpha value is -2.13. The summed E-state index contributed by atoms with van der Waals surface area (Å²) in [5.41, 5.74) is 1.02. The van der Waals surface area contributed by atoms with Crippen LogP contribution in [0.4, 0.5) is 5.69 Å². The van der Waals surface area contributed by atoms with Crippen molar-refractivity contribution in [2.24, 2.45) is 5.92 Å². The molecule has 1 atom stereocenters. The summed E-state index contributed by atoms with van der Waals surface area (Å²) in [5.74, 6) is -0.0555. The molecule has 0 bridgehead atoms. The predicted molar refractivity (Wildman–Crippen MR) is 105 cm³/mol. The third-order valence-electron chi connectivity index (χ3n) is 5.20. The molecule has 154 valence electrons. The van der Waals surface area contributed by atoms with Gasteiger partial charge in [0.25, 0.3) is 5.91 Å². The van der Waals surface area contributed by atoms with Crippen LogP contribution in [-0.4, -0.2) is 50.3 Å². The SMILES string of the molecule is CCCNC(=O)C1CCN(S(=O)(=O)c2cc3c(cc2C)NC(=O)[C@@H](C)O3)CC1. The van der Waals surface area contributed by atoms with E-state index in [1.165, 1.54) is 10.4 Å². The first-order valence-electron chi connectivity index (χ1n) is 9.64. The normalized spacial score (nSPS) is 20.8. The Kier molecular flexibility index (Phi) is 5.95. The summed E-state index contributed by atoms with van der Waals surface area (Å²) in [4.78, 5) is 24.0. The first kappa shape index (κ1) is 20.6. The Morgan fingerprint density at radius 3 is 2.64 bits per heavy atom. The highest BCUT2D eigenvalue weighted by atomic mass is 32.2. The van der Waals surface area contributed by atoms with Crippen molar-refractivity contribution in [3.05, 3.63) is 17.7 Å². The number of nitrogens with one attached hydrogen (secondary N) is 2. The van der Waals surface area contributed by atoms with Crippen molar-refractivity contribution in [2.75, 3.05) is 25.0 Å². The third-order valence-corrected chi connectivity index (χ3v) is 7.24. The van der Waals surface area contributed by atoms with Crippen LogP contribution in [0, 0.1) is 12.8 Å². The molecule has 3 rings (SSSR count). The maximum absolute atomic E-state index is 13.2. The van der Waals surface area contributed by atoms with E-state index in [4.69, 9.17) is 4.74 Å². The number of hydrogen-bond acceptors (Lipinski definition) is 5. The molecule has 0 aliphatic carbocycles. The lowest BCUT2D eigenvalue weighted by atomic mass is 9.97. The lowest BCUT2D eigenvalue weighted by molar-refractivity contribution is -0.126. The lowest BCUT2D eigenvalue weighted by Crippen LogP contribution is -2.43. The van der Waals surface area contributed by atoms with Crippen LogP contribution < -0.4 is 15.4 Å². The van der Waals surface area contributed by atoms with Gasteiger partial charge in [-0.1, -0.05) is 6.92 Å². The number of piperidine rings is 1. The van der Waals surface area contributed by atoms with Crippen LogP contribution in [0.2, 0.25) is 0 Å². The van der Waals surface area contributed by atoms with Gasteiger partial charge in [0.1, 0.15) is 5.75 Å². The minimum atomic E-state index is -3.71. The Bertz CT molecular complexity index is 876. The highest BCUT2D eigenvalue weighted by Crippen LogP contribution is 2.36. The van der Waals surface area contributed by atoms with Gasteiger partial charge in [0.15, 0.2) is 6.10 Å². The van der Waals surface area contributed by atoms with Crippen molar-refractivity contribution in [1.29, 1.82) is 0 Å². The van der Waals surface area contributed by atoms with Crippen LogP contribution in [-0.2, 0) is 19.6 Å². The standard InChI is InChI=1S/C19H27N3O5S/c1-4-7-20-19(24)14-5-8-22(9-6-14)28(25,26)17-11-16-15(10-12(17)2)21-18(23)13(3)27-16/h10-11,13-14H,4-9H2,1-3H3,(H,20,24)(H,21,23)/t13-/m1/s1. The number of anilines is 1. The Labute approximate surface area is 165 Å². The minimum absolute atomic E-state index is 0.00184. The van der Waals surface area contributed by atoms with Crippen molar-refractivity contribution >= 4 is 27.5 Å². The van der Waals surface area contributed by atoms with Gasteiger partial charge < -0.3 is 15.4 Å². The maximum Gasteiger partial charge on any atom is 0.265 e. The van der Waals surface area contributed by atoms with Gasteiger partial charge in [0.05, 0.1) is 10.6 Å². The van der Waals surface area contributed by atoms with E-state index < -0.39 is 16.1 Å². The first-order valence-corrected chi connectivity index (χ1v) is 11.1. The maximum atomic E-state index is 13.2. The molecule has 1 fully saturated rings. The summed E-state index contributed by atoms with van der Waals surface area (Å²) in [6.07, 6.45) is 1.20. The minimum Gasteiger partial charge on any atom is -0.479 e. The number of fused-ring (bicyclic) bond motifs is 1. The van der Waals surface area contributed by atoms with E-state index in [2.05, 4.69) is 10.6 Å². The zero-order valence-corrected chi connectivity index (χ0v) is 17.3. The van der Waals surface area contributed by atoms with E-state index in [0.29, 0.717) is 49.5 Å². The lowest BCUT2D eigenvalue weighted by Gasteiger charge is -2.31. The van der Waals surface area contributed by atoms with Crippen molar-refractivity contribution in [2.45, 2.75) is 51.0 Å². The van der Waals surface area contributed by atoms with Gasteiger partial charge in [-0.05, 0) is 44.7 Å². The molecule has 28 heavy (non-hydrogen) atoms. The molecule has 2 N–H and O–H groups in total. The summed E-state index contributed by atoms with van der Waals surface area (Å²) in [7, 11) is -3.71. The highest BCUT2D eigenvalue weighted by molar-refractivity contribution is 7.89. The number of aryl methyl sites for hydroxylation is 1. The molecule has 2 amide bonds. The molecule has 0 unspecified atom stereocenters. The molecule has 0 spiro atoms. The van der Waals surface area contributed by atoms with E-state index in [1.54, 1.807) is 19.9 Å². The number of amides is 2. The molecular weight excluding hydrogens is 382 g/mol.